The molecule has 1 aliphatic heterocycles. The second kappa shape index (κ2) is 6.96. The van der Waals surface area contributed by atoms with Gasteiger partial charge in [0.25, 0.3) is 5.91 Å². The molecule has 1 aliphatic carbocycles. The standard InChI is InChI=1S/C18H22N2O3/c1-19-18(22)15-5-2-13(3-6-15)4-9-17(21)20-10-11-23-16(12-20)14-7-8-14/h2-6,9,14,16H,7-8,10-12H2,1H3,(H,19,22)/b9-4+. The Labute approximate surface area is 136 Å². The van der Waals surface area contributed by atoms with E-state index in [1.807, 2.05) is 17.0 Å². The fourth-order valence-corrected chi connectivity index (χ4v) is 2.79. The zero-order chi connectivity index (χ0) is 16.2. The van der Waals surface area contributed by atoms with Crippen molar-refractivity contribution >= 4 is 17.9 Å². The quantitative estimate of drug-likeness (QED) is 0.861. The first-order valence-corrected chi connectivity index (χ1v) is 8.08. The lowest BCUT2D eigenvalue weighted by Crippen LogP contribution is -2.45. The molecule has 23 heavy (non-hydrogen) atoms. The van der Waals surface area contributed by atoms with Crippen molar-refractivity contribution in [2.75, 3.05) is 26.7 Å². The highest BCUT2D eigenvalue weighted by molar-refractivity contribution is 5.94. The largest absolute Gasteiger partial charge is 0.374 e. The first kappa shape index (κ1) is 15.7. The van der Waals surface area contributed by atoms with Crippen molar-refractivity contribution in [3.8, 4) is 0 Å². The molecule has 2 fully saturated rings. The van der Waals surface area contributed by atoms with Crippen molar-refractivity contribution in [3.63, 3.8) is 0 Å². The van der Waals surface area contributed by atoms with Crippen LogP contribution in [-0.4, -0.2) is 49.6 Å². The summed E-state index contributed by atoms with van der Waals surface area (Å²) in [6, 6.07) is 7.17. The topological polar surface area (TPSA) is 58.6 Å². The smallest absolute Gasteiger partial charge is 0.251 e. The second-order valence-electron chi connectivity index (χ2n) is 6.07. The van der Waals surface area contributed by atoms with E-state index in [-0.39, 0.29) is 17.9 Å². The Bertz CT molecular complexity index is 605. The number of ether oxygens (including phenoxy) is 1. The third kappa shape index (κ3) is 3.99. The number of carbonyl (C=O) groups excluding carboxylic acids is 2. The number of benzene rings is 1. The molecule has 1 unspecified atom stereocenters. The zero-order valence-electron chi connectivity index (χ0n) is 13.3. The van der Waals surface area contributed by atoms with E-state index in [1.54, 1.807) is 31.3 Å². The molecule has 5 nitrogen and oxygen atoms in total. The molecule has 1 saturated carbocycles. The Morgan fingerprint density at radius 2 is 2.00 bits per heavy atom. The van der Waals surface area contributed by atoms with Gasteiger partial charge in [-0.1, -0.05) is 12.1 Å². The van der Waals surface area contributed by atoms with Crippen LogP contribution in [0.1, 0.15) is 28.8 Å². The van der Waals surface area contributed by atoms with Crippen LogP contribution in [0.25, 0.3) is 6.08 Å². The van der Waals surface area contributed by atoms with E-state index in [0.29, 0.717) is 31.2 Å². The van der Waals surface area contributed by atoms with E-state index in [0.717, 1.165) is 5.56 Å². The fraction of sp³-hybridized carbons (Fsp3) is 0.444. The Hall–Kier alpha value is -2.14. The first-order chi connectivity index (χ1) is 11.2. The lowest BCUT2D eigenvalue weighted by molar-refractivity contribution is -0.134. The maximum absolute atomic E-state index is 12.3. The number of carbonyl (C=O) groups is 2. The summed E-state index contributed by atoms with van der Waals surface area (Å²) in [5.41, 5.74) is 1.51. The van der Waals surface area contributed by atoms with Gasteiger partial charge < -0.3 is 15.0 Å². The number of rotatable bonds is 4. The summed E-state index contributed by atoms with van der Waals surface area (Å²) in [7, 11) is 1.60. The molecule has 1 saturated heterocycles. The van der Waals surface area contributed by atoms with Gasteiger partial charge in [-0.05, 0) is 42.5 Å². The predicted octanol–water partition coefficient (Wildman–Crippen LogP) is 1.70. The van der Waals surface area contributed by atoms with Crippen molar-refractivity contribution in [2.24, 2.45) is 5.92 Å². The number of hydrogen-bond acceptors (Lipinski definition) is 3. The molecule has 122 valence electrons. The maximum atomic E-state index is 12.3. The highest BCUT2D eigenvalue weighted by atomic mass is 16.5. The van der Waals surface area contributed by atoms with Crippen molar-refractivity contribution in [3.05, 3.63) is 41.5 Å². The van der Waals surface area contributed by atoms with Crippen molar-refractivity contribution in [1.82, 2.24) is 10.2 Å². The van der Waals surface area contributed by atoms with Gasteiger partial charge in [0.1, 0.15) is 0 Å². The van der Waals surface area contributed by atoms with Gasteiger partial charge in [-0.3, -0.25) is 9.59 Å². The van der Waals surface area contributed by atoms with E-state index < -0.39 is 0 Å². The molecular formula is C18H22N2O3. The summed E-state index contributed by atoms with van der Waals surface area (Å²) in [6.45, 7) is 1.98. The normalized spacial score (nSPS) is 21.4. The second-order valence-corrected chi connectivity index (χ2v) is 6.07. The van der Waals surface area contributed by atoms with Crippen molar-refractivity contribution < 1.29 is 14.3 Å². The number of morpholine rings is 1. The summed E-state index contributed by atoms with van der Waals surface area (Å²) in [5, 5.41) is 2.58. The minimum atomic E-state index is -0.115. The molecule has 1 N–H and O–H groups in total. The number of nitrogens with one attached hydrogen (secondary N) is 1. The van der Waals surface area contributed by atoms with E-state index in [2.05, 4.69) is 5.32 Å². The van der Waals surface area contributed by atoms with Gasteiger partial charge in [0.15, 0.2) is 0 Å². The third-order valence-electron chi connectivity index (χ3n) is 4.37. The van der Waals surface area contributed by atoms with Gasteiger partial charge >= 0.3 is 0 Å². The molecule has 1 aromatic carbocycles. The molecule has 2 aliphatic rings. The molecule has 2 amide bonds. The summed E-state index contributed by atoms with van der Waals surface area (Å²) in [4.78, 5) is 25.7. The summed E-state index contributed by atoms with van der Waals surface area (Å²) < 4.78 is 5.74. The molecule has 3 rings (SSSR count). The van der Waals surface area contributed by atoms with Gasteiger partial charge in [0.2, 0.25) is 5.91 Å². The lowest BCUT2D eigenvalue weighted by Gasteiger charge is -2.32. The van der Waals surface area contributed by atoms with E-state index in [4.69, 9.17) is 4.74 Å². The predicted molar refractivity (Wildman–Crippen MR) is 87.9 cm³/mol. The average molecular weight is 314 g/mol. The summed E-state index contributed by atoms with van der Waals surface area (Å²) in [6.07, 6.45) is 6.05. The molecule has 5 heteroatoms. The minimum absolute atomic E-state index is 0.0225. The van der Waals surface area contributed by atoms with Crippen LogP contribution in [0.5, 0.6) is 0 Å². The highest BCUT2D eigenvalue weighted by Gasteiger charge is 2.35. The van der Waals surface area contributed by atoms with E-state index >= 15 is 0 Å². The van der Waals surface area contributed by atoms with Crippen LogP contribution in [0.3, 0.4) is 0 Å². The molecule has 0 radical (unpaired) electrons. The highest BCUT2D eigenvalue weighted by Crippen LogP contribution is 2.35. The minimum Gasteiger partial charge on any atom is -0.374 e. The van der Waals surface area contributed by atoms with Crippen LogP contribution in [0, 0.1) is 5.92 Å². The van der Waals surface area contributed by atoms with Crippen LogP contribution in [0.2, 0.25) is 0 Å². The van der Waals surface area contributed by atoms with Crippen LogP contribution >= 0.6 is 0 Å². The van der Waals surface area contributed by atoms with Gasteiger partial charge in [0.05, 0.1) is 12.7 Å². The Morgan fingerprint density at radius 3 is 2.65 bits per heavy atom. The average Bonchev–Trinajstić information content (AvgIpc) is 3.44. The molecule has 1 heterocycles. The van der Waals surface area contributed by atoms with Crippen LogP contribution in [-0.2, 0) is 9.53 Å². The molecule has 1 aromatic rings. The first-order valence-electron chi connectivity index (χ1n) is 8.08. The number of nitrogens with zero attached hydrogens (tertiary/aromatic N) is 1. The molecule has 0 spiro atoms. The summed E-state index contributed by atoms with van der Waals surface area (Å²) >= 11 is 0. The zero-order valence-corrected chi connectivity index (χ0v) is 13.3. The van der Waals surface area contributed by atoms with E-state index in [9.17, 15) is 9.59 Å². The van der Waals surface area contributed by atoms with Gasteiger partial charge in [-0.2, -0.15) is 0 Å². The molecule has 0 aromatic heterocycles. The SMILES string of the molecule is CNC(=O)c1ccc(/C=C/C(=O)N2CCOC(C3CC3)C2)cc1. The Morgan fingerprint density at radius 1 is 1.26 bits per heavy atom. The van der Waals surface area contributed by atoms with Crippen molar-refractivity contribution in [2.45, 2.75) is 18.9 Å². The van der Waals surface area contributed by atoms with E-state index in [1.165, 1.54) is 12.8 Å². The third-order valence-corrected chi connectivity index (χ3v) is 4.37. The van der Waals surface area contributed by atoms with Crippen LogP contribution in [0.15, 0.2) is 30.3 Å². The molecular weight excluding hydrogens is 292 g/mol. The fourth-order valence-electron chi connectivity index (χ4n) is 2.79. The number of hydrogen-bond donors (Lipinski definition) is 1. The van der Waals surface area contributed by atoms with Crippen molar-refractivity contribution in [1.29, 1.82) is 0 Å². The number of amides is 2. The van der Waals surface area contributed by atoms with Gasteiger partial charge in [-0.15, -0.1) is 0 Å². The van der Waals surface area contributed by atoms with Crippen LogP contribution < -0.4 is 5.32 Å². The van der Waals surface area contributed by atoms with Gasteiger partial charge in [0, 0.05) is 31.8 Å². The molecule has 0 bridgehead atoms. The van der Waals surface area contributed by atoms with Gasteiger partial charge in [-0.25, -0.2) is 0 Å². The molecule has 1 atom stereocenters. The lowest BCUT2D eigenvalue weighted by atomic mass is 10.1. The Balaban J connectivity index is 1.58. The monoisotopic (exact) mass is 314 g/mol. The maximum Gasteiger partial charge on any atom is 0.251 e. The Kier molecular flexibility index (Phi) is 4.76. The summed E-state index contributed by atoms with van der Waals surface area (Å²) in [5.74, 6) is 0.553. The van der Waals surface area contributed by atoms with Crippen LogP contribution in [0.4, 0.5) is 0 Å².